The number of urea groups is 1. The summed E-state index contributed by atoms with van der Waals surface area (Å²) >= 11 is 0. The number of hydrogen-bond donors (Lipinski definition) is 2. The average Bonchev–Trinajstić information content (AvgIpc) is 3.45. The lowest BCUT2D eigenvalue weighted by Crippen LogP contribution is -2.53. The second-order valence-electron chi connectivity index (χ2n) is 8.45. The summed E-state index contributed by atoms with van der Waals surface area (Å²) in [5, 5.41) is 9.77. The molecule has 0 atom stereocenters. The molecule has 3 aromatic rings. The van der Waals surface area contributed by atoms with Crippen LogP contribution >= 0.6 is 0 Å². The van der Waals surface area contributed by atoms with E-state index in [1.807, 2.05) is 13.8 Å². The molecule has 2 N–H and O–H groups in total. The molecule has 13 heteroatoms. The Bertz CT molecular complexity index is 1220. The number of amides is 3. The van der Waals surface area contributed by atoms with E-state index in [1.54, 1.807) is 16.8 Å². The van der Waals surface area contributed by atoms with Crippen LogP contribution in [0.3, 0.4) is 0 Å². The van der Waals surface area contributed by atoms with E-state index in [0.717, 1.165) is 12.1 Å². The van der Waals surface area contributed by atoms with Gasteiger partial charge in [-0.1, -0.05) is 13.8 Å². The smallest absolute Gasteiger partial charge is 0.341 e. The van der Waals surface area contributed by atoms with E-state index in [-0.39, 0.29) is 18.3 Å². The zero-order valence-electron chi connectivity index (χ0n) is 19.9. The first-order valence-electron chi connectivity index (χ1n) is 11.7. The van der Waals surface area contributed by atoms with Crippen molar-refractivity contribution in [3.05, 3.63) is 48.4 Å². The minimum Gasteiger partial charge on any atom is -0.341 e. The second-order valence-corrected chi connectivity index (χ2v) is 8.45. The van der Waals surface area contributed by atoms with Crippen LogP contribution in [-0.2, 0) is 11.0 Å². The van der Waals surface area contributed by atoms with Gasteiger partial charge < -0.3 is 20.4 Å². The SMILES string of the molecule is CC.O=C(CN1CC2(CCN(c3nccc4ncnn34)CC2)NC1=O)Nc1ccc(C(F)(F)F)cc1. The largest absolute Gasteiger partial charge is 0.416 e. The van der Waals surface area contributed by atoms with Gasteiger partial charge in [0.05, 0.1) is 11.1 Å². The van der Waals surface area contributed by atoms with Gasteiger partial charge in [-0.2, -0.15) is 22.8 Å². The van der Waals surface area contributed by atoms with Gasteiger partial charge >= 0.3 is 12.2 Å². The summed E-state index contributed by atoms with van der Waals surface area (Å²) in [5.74, 6) is 0.202. The van der Waals surface area contributed by atoms with Crippen LogP contribution < -0.4 is 15.5 Å². The van der Waals surface area contributed by atoms with Crippen LogP contribution in [0, 0.1) is 0 Å². The maximum atomic E-state index is 12.7. The molecular formula is C23H27F3N8O2. The molecule has 0 saturated carbocycles. The lowest BCUT2D eigenvalue weighted by Gasteiger charge is -2.38. The van der Waals surface area contributed by atoms with E-state index in [1.165, 1.54) is 23.4 Å². The van der Waals surface area contributed by atoms with Gasteiger partial charge in [-0.05, 0) is 37.1 Å². The Morgan fingerprint density at radius 1 is 1.11 bits per heavy atom. The summed E-state index contributed by atoms with van der Waals surface area (Å²) in [4.78, 5) is 37.1. The number of anilines is 2. The minimum atomic E-state index is -4.45. The number of carbonyl (C=O) groups excluding carboxylic acids is 2. The number of piperidine rings is 1. The molecule has 0 unspecified atom stereocenters. The van der Waals surface area contributed by atoms with Gasteiger partial charge in [-0.15, -0.1) is 0 Å². The maximum Gasteiger partial charge on any atom is 0.416 e. The number of alkyl halides is 3. The van der Waals surface area contributed by atoms with Crippen LogP contribution in [0.4, 0.5) is 29.6 Å². The summed E-state index contributed by atoms with van der Waals surface area (Å²) < 4.78 is 39.7. The molecule has 36 heavy (non-hydrogen) atoms. The fourth-order valence-corrected chi connectivity index (χ4v) is 4.40. The molecule has 2 fully saturated rings. The fraction of sp³-hybridized carbons (Fsp3) is 0.435. The number of nitrogens with one attached hydrogen (secondary N) is 2. The van der Waals surface area contributed by atoms with Crippen molar-refractivity contribution in [2.24, 2.45) is 0 Å². The van der Waals surface area contributed by atoms with E-state index >= 15 is 0 Å². The van der Waals surface area contributed by atoms with Crippen LogP contribution in [0.2, 0.25) is 0 Å². The number of benzene rings is 1. The van der Waals surface area contributed by atoms with Gasteiger partial charge in [0.1, 0.15) is 12.9 Å². The topological polar surface area (TPSA) is 108 Å². The van der Waals surface area contributed by atoms with Gasteiger partial charge in [-0.25, -0.2) is 14.8 Å². The molecule has 0 radical (unpaired) electrons. The van der Waals surface area contributed by atoms with E-state index in [9.17, 15) is 22.8 Å². The molecule has 1 spiro atoms. The number of aromatic nitrogens is 4. The molecule has 0 bridgehead atoms. The van der Waals surface area contributed by atoms with E-state index in [0.29, 0.717) is 44.1 Å². The Morgan fingerprint density at radius 2 is 1.81 bits per heavy atom. The monoisotopic (exact) mass is 504 g/mol. The predicted molar refractivity (Wildman–Crippen MR) is 126 cm³/mol. The first-order chi connectivity index (χ1) is 17.2. The van der Waals surface area contributed by atoms with Crippen LogP contribution in [0.15, 0.2) is 42.9 Å². The number of rotatable bonds is 4. The minimum absolute atomic E-state index is 0.196. The number of carbonyl (C=O) groups is 2. The predicted octanol–water partition coefficient (Wildman–Crippen LogP) is 3.17. The lowest BCUT2D eigenvalue weighted by atomic mass is 9.88. The van der Waals surface area contributed by atoms with Crippen LogP contribution in [0.25, 0.3) is 5.65 Å². The van der Waals surface area contributed by atoms with Gasteiger partial charge in [0.25, 0.3) is 0 Å². The molecular weight excluding hydrogens is 477 g/mol. The Kier molecular flexibility index (Phi) is 7.00. The van der Waals surface area contributed by atoms with Gasteiger partial charge in [0, 0.05) is 37.6 Å². The van der Waals surface area contributed by atoms with Crippen LogP contribution in [-0.4, -0.2) is 68.1 Å². The average molecular weight is 505 g/mol. The van der Waals surface area contributed by atoms with Crippen molar-refractivity contribution in [2.75, 3.05) is 36.4 Å². The van der Waals surface area contributed by atoms with Crippen LogP contribution in [0.1, 0.15) is 32.3 Å². The maximum absolute atomic E-state index is 12.7. The molecule has 2 aliphatic rings. The van der Waals surface area contributed by atoms with E-state index in [4.69, 9.17) is 0 Å². The summed E-state index contributed by atoms with van der Waals surface area (Å²) in [6, 6.07) is 5.60. The van der Waals surface area contributed by atoms with Crippen molar-refractivity contribution >= 4 is 29.2 Å². The quantitative estimate of drug-likeness (QED) is 0.565. The highest BCUT2D eigenvalue weighted by Gasteiger charge is 2.45. The standard InChI is InChI=1S/C21H21F3N8O2.C2H6/c22-21(23,24)14-1-3-15(4-2-14)28-17(33)11-31-12-20(29-19(31)34)6-9-30(10-7-20)18-25-8-5-16-26-13-27-32(16)18;1-2/h1-5,8,13H,6-7,9-12H2,(H,28,33)(H,29,34);1-2H3. The molecule has 2 aromatic heterocycles. The Morgan fingerprint density at radius 3 is 2.47 bits per heavy atom. The number of hydrogen-bond acceptors (Lipinski definition) is 6. The first-order valence-corrected chi connectivity index (χ1v) is 11.7. The Hall–Kier alpha value is -3.90. The third kappa shape index (κ3) is 5.19. The first kappa shape index (κ1) is 25.2. The summed E-state index contributed by atoms with van der Waals surface area (Å²) in [5.41, 5.74) is -0.327. The fourth-order valence-electron chi connectivity index (χ4n) is 4.40. The van der Waals surface area contributed by atoms with Gasteiger partial charge in [0.15, 0.2) is 5.65 Å². The van der Waals surface area contributed by atoms with Crippen molar-refractivity contribution in [2.45, 2.75) is 38.4 Å². The van der Waals surface area contributed by atoms with Crippen molar-refractivity contribution in [3.63, 3.8) is 0 Å². The van der Waals surface area contributed by atoms with Gasteiger partial charge in [0.2, 0.25) is 11.9 Å². The lowest BCUT2D eigenvalue weighted by molar-refractivity contribution is -0.137. The highest BCUT2D eigenvalue weighted by Crippen LogP contribution is 2.31. The number of nitrogens with zero attached hydrogens (tertiary/aromatic N) is 6. The Labute approximate surface area is 205 Å². The molecule has 4 heterocycles. The zero-order chi connectivity index (χ0) is 25.9. The molecule has 1 aromatic carbocycles. The third-order valence-corrected chi connectivity index (χ3v) is 6.16. The molecule has 0 aliphatic carbocycles. The van der Waals surface area contributed by atoms with Crippen molar-refractivity contribution in [3.8, 4) is 0 Å². The van der Waals surface area contributed by atoms with E-state index in [2.05, 4.69) is 30.6 Å². The van der Waals surface area contributed by atoms with Crippen molar-refractivity contribution < 1.29 is 22.8 Å². The molecule has 5 rings (SSSR count). The molecule has 3 amide bonds. The van der Waals surface area contributed by atoms with Crippen molar-refractivity contribution in [1.29, 1.82) is 0 Å². The second kappa shape index (κ2) is 9.99. The molecule has 10 nitrogen and oxygen atoms in total. The normalized spacial score (nSPS) is 17.1. The molecule has 192 valence electrons. The van der Waals surface area contributed by atoms with Crippen LogP contribution in [0.5, 0.6) is 0 Å². The Balaban J connectivity index is 0.00000148. The van der Waals surface area contributed by atoms with Crippen molar-refractivity contribution in [1.82, 2.24) is 29.8 Å². The number of halogens is 3. The van der Waals surface area contributed by atoms with E-state index < -0.39 is 23.2 Å². The number of fused-ring (bicyclic) bond motifs is 1. The highest BCUT2D eigenvalue weighted by molar-refractivity contribution is 5.94. The summed E-state index contributed by atoms with van der Waals surface area (Å²) in [6.07, 6.45) is 0.0117. The highest BCUT2D eigenvalue weighted by atomic mass is 19.4. The molecule has 2 aliphatic heterocycles. The van der Waals surface area contributed by atoms with Gasteiger partial charge in [-0.3, -0.25) is 4.79 Å². The zero-order valence-corrected chi connectivity index (χ0v) is 19.9. The summed E-state index contributed by atoms with van der Waals surface area (Å²) in [7, 11) is 0. The summed E-state index contributed by atoms with van der Waals surface area (Å²) in [6.45, 7) is 5.44. The molecule has 2 saturated heterocycles. The third-order valence-electron chi connectivity index (χ3n) is 6.16.